The SMILES string of the molecule is C=C(C)C(=O)[O-].C=C(CC=C(C)C(=O)O)C(=O)O.[Na+]. The second-order valence-electron chi connectivity index (χ2n) is 3.37. The van der Waals surface area contributed by atoms with Crippen LogP contribution in [0.3, 0.4) is 0 Å². The molecule has 0 fully saturated rings. The Morgan fingerprint density at radius 1 is 1.11 bits per heavy atom. The van der Waals surface area contributed by atoms with Crippen LogP contribution >= 0.6 is 0 Å². The summed E-state index contributed by atoms with van der Waals surface area (Å²) >= 11 is 0. The molecule has 19 heavy (non-hydrogen) atoms. The molecule has 0 aliphatic carbocycles. The molecule has 0 saturated heterocycles. The molecule has 0 heterocycles. The first-order chi connectivity index (χ1) is 8.09. The molecular weight excluding hydrogens is 263 g/mol. The zero-order valence-electron chi connectivity index (χ0n) is 11.2. The summed E-state index contributed by atoms with van der Waals surface area (Å²) in [5.41, 5.74) is 0.169. The molecule has 0 unspecified atom stereocenters. The second-order valence-corrected chi connectivity index (χ2v) is 3.37. The van der Waals surface area contributed by atoms with Gasteiger partial charge in [0.2, 0.25) is 0 Å². The first-order valence-electron chi connectivity index (χ1n) is 4.77. The van der Waals surface area contributed by atoms with E-state index in [0.717, 1.165) is 0 Å². The Morgan fingerprint density at radius 2 is 1.47 bits per heavy atom. The summed E-state index contributed by atoms with van der Waals surface area (Å²) in [6, 6.07) is 0. The summed E-state index contributed by atoms with van der Waals surface area (Å²) < 4.78 is 0. The quantitative estimate of drug-likeness (QED) is 0.420. The molecule has 7 heteroatoms. The molecule has 0 rings (SSSR count). The van der Waals surface area contributed by atoms with Crippen molar-refractivity contribution in [3.8, 4) is 0 Å². The first kappa shape index (κ1) is 22.8. The molecule has 0 atom stereocenters. The van der Waals surface area contributed by atoms with Crippen molar-refractivity contribution in [1.29, 1.82) is 0 Å². The molecule has 0 bridgehead atoms. The van der Waals surface area contributed by atoms with Gasteiger partial charge in [0.1, 0.15) is 0 Å². The minimum atomic E-state index is -1.19. The van der Waals surface area contributed by atoms with Crippen LogP contribution in [0.2, 0.25) is 0 Å². The average molecular weight is 278 g/mol. The molecule has 100 valence electrons. The van der Waals surface area contributed by atoms with Crippen molar-refractivity contribution < 1.29 is 59.3 Å². The van der Waals surface area contributed by atoms with Crippen molar-refractivity contribution in [3.63, 3.8) is 0 Å². The number of hydrogen-bond acceptors (Lipinski definition) is 4. The van der Waals surface area contributed by atoms with E-state index in [1.54, 1.807) is 0 Å². The number of carboxylic acids is 3. The number of hydrogen-bond donors (Lipinski definition) is 2. The summed E-state index contributed by atoms with van der Waals surface area (Å²) in [5, 5.41) is 26.2. The molecule has 0 aromatic rings. The van der Waals surface area contributed by atoms with E-state index < -0.39 is 17.9 Å². The minimum absolute atomic E-state index is 0. The molecule has 0 amide bonds. The standard InChI is InChI=1S/C8H10O4.C4H6O2.Na/c1-5(7(9)10)3-4-6(2)8(11)12;1-3(2)4(5)6;/h4H,1,3H2,2H3,(H,9,10)(H,11,12);1H2,2H3,(H,5,6);/q;;+1/p-1. The van der Waals surface area contributed by atoms with Gasteiger partial charge in [-0.05, 0) is 25.8 Å². The number of allylic oxidation sites excluding steroid dienone is 1. The van der Waals surface area contributed by atoms with Crippen molar-refractivity contribution in [2.75, 3.05) is 0 Å². The zero-order chi connectivity index (χ0) is 14.9. The fourth-order valence-electron chi connectivity index (χ4n) is 0.451. The molecule has 0 aliphatic heterocycles. The van der Waals surface area contributed by atoms with E-state index in [4.69, 9.17) is 10.2 Å². The third-order valence-corrected chi connectivity index (χ3v) is 1.64. The zero-order valence-corrected chi connectivity index (χ0v) is 13.2. The first-order valence-corrected chi connectivity index (χ1v) is 4.77. The number of aliphatic carboxylic acids is 3. The number of carbonyl (C=O) groups is 3. The summed E-state index contributed by atoms with van der Waals surface area (Å²) in [4.78, 5) is 29.9. The van der Waals surface area contributed by atoms with Crippen LogP contribution in [0.4, 0.5) is 0 Å². The van der Waals surface area contributed by atoms with Crippen LogP contribution in [0.15, 0.2) is 36.0 Å². The van der Waals surface area contributed by atoms with Gasteiger partial charge in [0.05, 0.1) is 5.97 Å². The Morgan fingerprint density at radius 3 is 1.68 bits per heavy atom. The van der Waals surface area contributed by atoms with Crippen LogP contribution in [0.5, 0.6) is 0 Å². The van der Waals surface area contributed by atoms with Gasteiger partial charge in [-0.15, -0.1) is 0 Å². The molecule has 0 aliphatic rings. The van der Waals surface area contributed by atoms with Gasteiger partial charge in [-0.1, -0.05) is 19.2 Å². The summed E-state index contributed by atoms with van der Waals surface area (Å²) in [6.07, 6.45) is 1.38. The Balaban J connectivity index is -0.000000313. The smallest absolute Gasteiger partial charge is 0.545 e. The molecule has 6 nitrogen and oxygen atoms in total. The van der Waals surface area contributed by atoms with Crippen LogP contribution in [-0.4, -0.2) is 28.1 Å². The molecule has 0 saturated carbocycles. The predicted octanol–water partition coefficient (Wildman–Crippen LogP) is -2.64. The van der Waals surface area contributed by atoms with Crippen molar-refractivity contribution in [3.05, 3.63) is 36.0 Å². The molecule has 0 radical (unpaired) electrons. The Bertz CT molecular complexity index is 396. The minimum Gasteiger partial charge on any atom is -0.545 e. The summed E-state index contributed by atoms with van der Waals surface area (Å²) in [6.45, 7) is 9.13. The maximum Gasteiger partial charge on any atom is 1.00 e. The monoisotopic (exact) mass is 278 g/mol. The van der Waals surface area contributed by atoms with Gasteiger partial charge >= 0.3 is 41.5 Å². The van der Waals surface area contributed by atoms with Gasteiger partial charge in [0.25, 0.3) is 0 Å². The number of rotatable bonds is 5. The van der Waals surface area contributed by atoms with E-state index in [0.29, 0.717) is 0 Å². The maximum absolute atomic E-state index is 10.2. The third kappa shape index (κ3) is 14.6. The van der Waals surface area contributed by atoms with Gasteiger partial charge < -0.3 is 20.1 Å². The third-order valence-electron chi connectivity index (χ3n) is 1.64. The van der Waals surface area contributed by atoms with Crippen LogP contribution in [-0.2, 0) is 14.4 Å². The summed E-state index contributed by atoms with van der Waals surface area (Å²) in [5.74, 6) is -3.34. The fraction of sp³-hybridized carbons (Fsp3) is 0.250. The normalized spacial score (nSPS) is 9.26. The van der Waals surface area contributed by atoms with Crippen LogP contribution in [0.25, 0.3) is 0 Å². The molecule has 0 spiro atoms. The largest absolute Gasteiger partial charge is 1.00 e. The molecule has 2 N–H and O–H groups in total. The summed E-state index contributed by atoms with van der Waals surface area (Å²) in [7, 11) is 0. The van der Waals surface area contributed by atoms with E-state index in [1.807, 2.05) is 0 Å². The van der Waals surface area contributed by atoms with E-state index >= 15 is 0 Å². The van der Waals surface area contributed by atoms with Gasteiger partial charge in [-0.3, -0.25) is 0 Å². The molecular formula is C12H15NaO6. The number of carboxylic acid groups (broad SMARTS) is 3. The molecule has 0 aromatic heterocycles. The Labute approximate surface area is 133 Å². The van der Waals surface area contributed by atoms with E-state index in [-0.39, 0.29) is 52.7 Å². The Hall–Kier alpha value is -1.37. The van der Waals surface area contributed by atoms with Crippen molar-refractivity contribution in [1.82, 2.24) is 0 Å². The van der Waals surface area contributed by atoms with Crippen molar-refractivity contribution in [2.24, 2.45) is 0 Å². The van der Waals surface area contributed by atoms with Gasteiger partial charge in [-0.2, -0.15) is 0 Å². The van der Waals surface area contributed by atoms with Crippen molar-refractivity contribution in [2.45, 2.75) is 20.3 Å². The van der Waals surface area contributed by atoms with Gasteiger partial charge in [0, 0.05) is 11.1 Å². The second kappa shape index (κ2) is 11.7. The number of carbonyl (C=O) groups excluding carboxylic acids is 1. The van der Waals surface area contributed by atoms with E-state index in [1.165, 1.54) is 19.9 Å². The van der Waals surface area contributed by atoms with E-state index in [2.05, 4.69) is 13.2 Å². The maximum atomic E-state index is 10.2. The van der Waals surface area contributed by atoms with Crippen LogP contribution in [0, 0.1) is 0 Å². The van der Waals surface area contributed by atoms with Crippen molar-refractivity contribution >= 4 is 17.9 Å². The Kier molecular flexibility index (Phi) is 14.0. The predicted molar refractivity (Wildman–Crippen MR) is 62.6 cm³/mol. The van der Waals surface area contributed by atoms with Gasteiger partial charge in [0.15, 0.2) is 0 Å². The van der Waals surface area contributed by atoms with E-state index in [9.17, 15) is 19.5 Å². The topological polar surface area (TPSA) is 115 Å². The van der Waals surface area contributed by atoms with Crippen LogP contribution < -0.4 is 34.7 Å². The average Bonchev–Trinajstić information content (AvgIpc) is 2.25. The van der Waals surface area contributed by atoms with Crippen LogP contribution in [0.1, 0.15) is 20.3 Å². The molecule has 0 aromatic carbocycles. The fourth-order valence-corrected chi connectivity index (χ4v) is 0.451. The van der Waals surface area contributed by atoms with Gasteiger partial charge in [-0.25, -0.2) is 9.59 Å².